The van der Waals surface area contributed by atoms with Crippen molar-refractivity contribution in [2.75, 3.05) is 5.75 Å². The zero-order valence-electron chi connectivity index (χ0n) is 14.2. The van der Waals surface area contributed by atoms with Gasteiger partial charge >= 0.3 is 0 Å². The third-order valence-corrected chi connectivity index (χ3v) is 5.14. The average Bonchev–Trinajstić information content (AvgIpc) is 3.17. The zero-order chi connectivity index (χ0) is 17.6. The lowest BCUT2D eigenvalue weighted by atomic mass is 10.2. The molecule has 132 valence electrons. The molecule has 6 nitrogen and oxygen atoms in total. The summed E-state index contributed by atoms with van der Waals surface area (Å²) in [6, 6.07) is 7.41. The first kappa shape index (κ1) is 17.8. The standard InChI is InChI=1S/C17H20ClN5OS/c1-22-11-13(10-19-22)6-5-9-25-17-21-20-16(23(17)2)12-24-15-8-4-3-7-14(15)18/h3-4,7-8,10-11H,5-6,9,12H2,1-2H3. The maximum absolute atomic E-state index is 6.09. The first-order valence-electron chi connectivity index (χ1n) is 7.99. The van der Waals surface area contributed by atoms with Crippen molar-refractivity contribution < 1.29 is 4.74 Å². The van der Waals surface area contributed by atoms with Crippen molar-refractivity contribution in [3.63, 3.8) is 0 Å². The highest BCUT2D eigenvalue weighted by Gasteiger charge is 2.10. The molecular formula is C17H20ClN5OS. The highest BCUT2D eigenvalue weighted by molar-refractivity contribution is 7.99. The smallest absolute Gasteiger partial charge is 0.191 e. The molecule has 0 saturated carbocycles. The summed E-state index contributed by atoms with van der Waals surface area (Å²) in [5, 5.41) is 14.1. The van der Waals surface area contributed by atoms with E-state index >= 15 is 0 Å². The fraction of sp³-hybridized carbons (Fsp3) is 0.353. The molecule has 0 fully saturated rings. The van der Waals surface area contributed by atoms with E-state index in [0.29, 0.717) is 17.4 Å². The Morgan fingerprint density at radius 2 is 2.04 bits per heavy atom. The largest absolute Gasteiger partial charge is 0.484 e. The lowest BCUT2D eigenvalue weighted by Crippen LogP contribution is -2.04. The van der Waals surface area contributed by atoms with Crippen LogP contribution in [0.1, 0.15) is 17.8 Å². The van der Waals surface area contributed by atoms with Crippen LogP contribution >= 0.6 is 23.4 Å². The minimum atomic E-state index is 0.337. The third-order valence-electron chi connectivity index (χ3n) is 3.72. The SMILES string of the molecule is Cn1cc(CCCSc2nnc(COc3ccccc3Cl)n2C)cn1. The summed E-state index contributed by atoms with van der Waals surface area (Å²) in [7, 11) is 3.89. The molecule has 8 heteroatoms. The van der Waals surface area contributed by atoms with Gasteiger partial charge in [0, 0.05) is 26.0 Å². The number of hydrogen-bond donors (Lipinski definition) is 0. The van der Waals surface area contributed by atoms with E-state index < -0.39 is 0 Å². The number of halogens is 1. The summed E-state index contributed by atoms with van der Waals surface area (Å²) < 4.78 is 9.52. The van der Waals surface area contributed by atoms with Crippen LogP contribution in [0, 0.1) is 0 Å². The van der Waals surface area contributed by atoms with E-state index in [1.165, 1.54) is 5.56 Å². The Morgan fingerprint density at radius 1 is 1.20 bits per heavy atom. The number of ether oxygens (including phenoxy) is 1. The second kappa shape index (κ2) is 8.40. The van der Waals surface area contributed by atoms with Crippen LogP contribution in [0.2, 0.25) is 5.02 Å². The molecule has 2 heterocycles. The van der Waals surface area contributed by atoms with Crippen molar-refractivity contribution >= 4 is 23.4 Å². The molecule has 0 aliphatic carbocycles. The molecule has 3 aromatic rings. The Balaban J connectivity index is 1.48. The quantitative estimate of drug-likeness (QED) is 0.444. The van der Waals surface area contributed by atoms with E-state index in [-0.39, 0.29) is 0 Å². The van der Waals surface area contributed by atoms with Gasteiger partial charge in [0.25, 0.3) is 0 Å². The molecule has 0 bridgehead atoms. The fourth-order valence-corrected chi connectivity index (χ4v) is 3.40. The molecule has 0 N–H and O–H groups in total. The predicted octanol–water partition coefficient (Wildman–Crippen LogP) is 3.51. The van der Waals surface area contributed by atoms with Gasteiger partial charge in [0.15, 0.2) is 11.0 Å². The summed E-state index contributed by atoms with van der Waals surface area (Å²) in [5.74, 6) is 2.40. The van der Waals surface area contributed by atoms with Crippen molar-refractivity contribution in [1.82, 2.24) is 24.5 Å². The molecule has 25 heavy (non-hydrogen) atoms. The summed E-state index contributed by atoms with van der Waals surface area (Å²) in [5.41, 5.74) is 1.26. The summed E-state index contributed by atoms with van der Waals surface area (Å²) in [6.45, 7) is 0.337. The van der Waals surface area contributed by atoms with Crippen LogP contribution in [0.4, 0.5) is 0 Å². The van der Waals surface area contributed by atoms with E-state index in [2.05, 4.69) is 21.5 Å². The van der Waals surface area contributed by atoms with E-state index in [1.54, 1.807) is 17.8 Å². The topological polar surface area (TPSA) is 57.8 Å². The summed E-state index contributed by atoms with van der Waals surface area (Å²) in [6.07, 6.45) is 6.05. The van der Waals surface area contributed by atoms with Gasteiger partial charge in [-0.3, -0.25) is 4.68 Å². The molecule has 1 aromatic carbocycles. The van der Waals surface area contributed by atoms with E-state index in [4.69, 9.17) is 16.3 Å². The Hall–Kier alpha value is -1.99. The first-order valence-corrected chi connectivity index (χ1v) is 9.36. The van der Waals surface area contributed by atoms with Gasteiger partial charge in [-0.1, -0.05) is 35.5 Å². The molecular weight excluding hydrogens is 358 g/mol. The number of aromatic nitrogens is 5. The molecule has 0 radical (unpaired) electrons. The highest BCUT2D eigenvalue weighted by atomic mass is 35.5. The molecule has 2 aromatic heterocycles. The molecule has 0 amide bonds. The molecule has 3 rings (SSSR count). The minimum Gasteiger partial charge on any atom is -0.484 e. The van der Waals surface area contributed by atoms with Crippen molar-refractivity contribution in [1.29, 1.82) is 0 Å². The maximum atomic E-state index is 6.09. The third kappa shape index (κ3) is 4.76. The van der Waals surface area contributed by atoms with Crippen LogP contribution in [0.15, 0.2) is 41.8 Å². The van der Waals surface area contributed by atoms with Crippen molar-refractivity contribution in [2.24, 2.45) is 14.1 Å². The van der Waals surface area contributed by atoms with Crippen LogP contribution in [0.3, 0.4) is 0 Å². The van der Waals surface area contributed by atoms with Gasteiger partial charge < -0.3 is 9.30 Å². The predicted molar refractivity (Wildman–Crippen MR) is 99.0 cm³/mol. The van der Waals surface area contributed by atoms with E-state index in [1.807, 2.05) is 47.7 Å². The number of thioether (sulfide) groups is 1. The number of aryl methyl sites for hydroxylation is 2. The molecule has 0 saturated heterocycles. The number of para-hydroxylation sites is 1. The van der Waals surface area contributed by atoms with Gasteiger partial charge in [-0.05, 0) is 30.5 Å². The number of hydrogen-bond acceptors (Lipinski definition) is 5. The van der Waals surface area contributed by atoms with Gasteiger partial charge in [-0.15, -0.1) is 10.2 Å². The van der Waals surface area contributed by atoms with Crippen LogP contribution in [-0.2, 0) is 27.1 Å². The molecule has 0 unspecified atom stereocenters. The van der Waals surface area contributed by atoms with Gasteiger partial charge in [0.05, 0.1) is 11.2 Å². The Morgan fingerprint density at radius 3 is 2.80 bits per heavy atom. The second-order valence-corrected chi connectivity index (χ2v) is 7.12. The number of rotatable bonds is 8. The van der Waals surface area contributed by atoms with Crippen molar-refractivity contribution in [2.45, 2.75) is 24.6 Å². The van der Waals surface area contributed by atoms with E-state index in [9.17, 15) is 0 Å². The maximum Gasteiger partial charge on any atom is 0.191 e. The summed E-state index contributed by atoms with van der Waals surface area (Å²) >= 11 is 7.79. The number of benzene rings is 1. The summed E-state index contributed by atoms with van der Waals surface area (Å²) in [4.78, 5) is 0. The first-order chi connectivity index (χ1) is 12.1. The van der Waals surface area contributed by atoms with Gasteiger partial charge in [0.2, 0.25) is 0 Å². The Kier molecular flexibility index (Phi) is 5.99. The highest BCUT2D eigenvalue weighted by Crippen LogP contribution is 2.24. The lowest BCUT2D eigenvalue weighted by molar-refractivity contribution is 0.290. The molecule has 0 atom stereocenters. The lowest BCUT2D eigenvalue weighted by Gasteiger charge is -2.07. The van der Waals surface area contributed by atoms with Crippen LogP contribution in [0.5, 0.6) is 5.75 Å². The number of nitrogens with zero attached hydrogens (tertiary/aromatic N) is 5. The van der Waals surface area contributed by atoms with Crippen molar-refractivity contribution in [3.05, 3.63) is 53.1 Å². The normalized spacial score (nSPS) is 11.0. The minimum absolute atomic E-state index is 0.337. The molecule has 0 spiro atoms. The fourth-order valence-electron chi connectivity index (χ4n) is 2.34. The van der Waals surface area contributed by atoms with Crippen LogP contribution < -0.4 is 4.74 Å². The Labute approximate surface area is 156 Å². The average molecular weight is 378 g/mol. The zero-order valence-corrected chi connectivity index (χ0v) is 15.8. The monoisotopic (exact) mass is 377 g/mol. The van der Waals surface area contributed by atoms with Crippen LogP contribution in [0.25, 0.3) is 0 Å². The van der Waals surface area contributed by atoms with Gasteiger partial charge in [-0.25, -0.2) is 0 Å². The van der Waals surface area contributed by atoms with Gasteiger partial charge in [0.1, 0.15) is 12.4 Å². The van der Waals surface area contributed by atoms with Crippen LogP contribution in [-0.4, -0.2) is 30.3 Å². The van der Waals surface area contributed by atoms with Crippen molar-refractivity contribution in [3.8, 4) is 5.75 Å². The molecule has 0 aliphatic rings. The molecule has 0 aliphatic heterocycles. The van der Waals surface area contributed by atoms with Gasteiger partial charge in [-0.2, -0.15) is 5.10 Å². The second-order valence-electron chi connectivity index (χ2n) is 5.65. The van der Waals surface area contributed by atoms with E-state index in [0.717, 1.165) is 29.6 Å². The Bertz CT molecular complexity index is 832.